The van der Waals surface area contributed by atoms with E-state index in [0.717, 1.165) is 11.4 Å². The SMILES string of the molecule is CCOc1ccc(N2CC(C(=O)N(C)CC(=O)NCc3ccco3)CC2=O)cc1. The van der Waals surface area contributed by atoms with Crippen LogP contribution in [0.5, 0.6) is 5.75 Å². The van der Waals surface area contributed by atoms with Crippen LogP contribution in [-0.2, 0) is 20.9 Å². The second kappa shape index (κ2) is 9.27. The molecule has 29 heavy (non-hydrogen) atoms. The fourth-order valence-corrected chi connectivity index (χ4v) is 3.27. The Bertz CT molecular complexity index is 848. The van der Waals surface area contributed by atoms with E-state index < -0.39 is 5.92 Å². The van der Waals surface area contributed by atoms with Gasteiger partial charge in [0.25, 0.3) is 0 Å². The zero-order valence-electron chi connectivity index (χ0n) is 16.6. The molecular weight excluding hydrogens is 374 g/mol. The molecule has 0 bridgehead atoms. The van der Waals surface area contributed by atoms with Gasteiger partial charge in [-0.15, -0.1) is 0 Å². The average Bonchev–Trinajstić information content (AvgIpc) is 3.36. The summed E-state index contributed by atoms with van der Waals surface area (Å²) in [4.78, 5) is 40.1. The smallest absolute Gasteiger partial charge is 0.239 e. The molecule has 8 nitrogen and oxygen atoms in total. The summed E-state index contributed by atoms with van der Waals surface area (Å²) in [6.07, 6.45) is 1.66. The average molecular weight is 399 g/mol. The molecule has 0 saturated carbocycles. The van der Waals surface area contributed by atoms with Crippen LogP contribution in [0.1, 0.15) is 19.1 Å². The highest BCUT2D eigenvalue weighted by molar-refractivity contribution is 6.00. The van der Waals surface area contributed by atoms with Gasteiger partial charge >= 0.3 is 0 Å². The number of nitrogens with zero attached hydrogens (tertiary/aromatic N) is 2. The maximum absolute atomic E-state index is 12.7. The summed E-state index contributed by atoms with van der Waals surface area (Å²) in [6.45, 7) is 2.96. The van der Waals surface area contributed by atoms with Crippen molar-refractivity contribution in [1.29, 1.82) is 0 Å². The van der Waals surface area contributed by atoms with Crippen molar-refractivity contribution in [3.8, 4) is 5.75 Å². The van der Waals surface area contributed by atoms with Gasteiger partial charge in [0.05, 0.1) is 31.9 Å². The van der Waals surface area contributed by atoms with E-state index in [-0.39, 0.29) is 37.2 Å². The second-order valence-electron chi connectivity index (χ2n) is 6.88. The monoisotopic (exact) mass is 399 g/mol. The van der Waals surface area contributed by atoms with Crippen molar-refractivity contribution in [3.05, 3.63) is 48.4 Å². The topological polar surface area (TPSA) is 92.1 Å². The first-order valence-electron chi connectivity index (χ1n) is 9.55. The van der Waals surface area contributed by atoms with Gasteiger partial charge in [0, 0.05) is 25.7 Å². The van der Waals surface area contributed by atoms with Crippen molar-refractivity contribution in [2.45, 2.75) is 19.9 Å². The fraction of sp³-hybridized carbons (Fsp3) is 0.381. The predicted octanol–water partition coefficient (Wildman–Crippen LogP) is 1.81. The first-order valence-corrected chi connectivity index (χ1v) is 9.55. The van der Waals surface area contributed by atoms with E-state index in [4.69, 9.17) is 9.15 Å². The molecule has 2 heterocycles. The van der Waals surface area contributed by atoms with Gasteiger partial charge in [0.2, 0.25) is 17.7 Å². The maximum Gasteiger partial charge on any atom is 0.239 e. The van der Waals surface area contributed by atoms with Gasteiger partial charge in [-0.2, -0.15) is 0 Å². The Morgan fingerprint density at radius 3 is 2.69 bits per heavy atom. The summed E-state index contributed by atoms with van der Waals surface area (Å²) in [5.41, 5.74) is 0.729. The molecule has 1 aromatic heterocycles. The van der Waals surface area contributed by atoms with Crippen LogP contribution >= 0.6 is 0 Å². The van der Waals surface area contributed by atoms with Crippen LogP contribution in [0.2, 0.25) is 0 Å². The van der Waals surface area contributed by atoms with Gasteiger partial charge in [-0.3, -0.25) is 14.4 Å². The highest BCUT2D eigenvalue weighted by Crippen LogP contribution is 2.27. The standard InChI is InChI=1S/C21H25N3O5/c1-3-28-17-8-6-16(7-9-17)24-13-15(11-20(24)26)21(27)23(2)14-19(25)22-12-18-5-4-10-29-18/h4-10,15H,3,11-14H2,1-2H3,(H,22,25). The molecule has 0 aliphatic carbocycles. The van der Waals surface area contributed by atoms with Crippen molar-refractivity contribution in [3.63, 3.8) is 0 Å². The van der Waals surface area contributed by atoms with Crippen molar-refractivity contribution < 1.29 is 23.5 Å². The van der Waals surface area contributed by atoms with Crippen molar-refractivity contribution in [2.75, 3.05) is 31.6 Å². The largest absolute Gasteiger partial charge is 0.494 e. The molecule has 1 saturated heterocycles. The Hall–Kier alpha value is -3.29. The number of ether oxygens (including phenoxy) is 1. The van der Waals surface area contributed by atoms with E-state index in [0.29, 0.717) is 18.9 Å². The summed E-state index contributed by atoms with van der Waals surface area (Å²) >= 11 is 0. The van der Waals surface area contributed by atoms with Crippen LogP contribution < -0.4 is 15.0 Å². The number of benzene rings is 1. The summed E-state index contributed by atoms with van der Waals surface area (Å²) < 4.78 is 10.6. The Labute approximate surface area is 169 Å². The molecule has 8 heteroatoms. The van der Waals surface area contributed by atoms with E-state index in [1.807, 2.05) is 19.1 Å². The van der Waals surface area contributed by atoms with Gasteiger partial charge in [-0.05, 0) is 43.3 Å². The lowest BCUT2D eigenvalue weighted by atomic mass is 10.1. The third-order valence-electron chi connectivity index (χ3n) is 4.73. The molecule has 0 radical (unpaired) electrons. The first-order chi connectivity index (χ1) is 14.0. The molecule has 1 aromatic carbocycles. The highest BCUT2D eigenvalue weighted by atomic mass is 16.5. The number of carbonyl (C=O) groups excluding carboxylic acids is 3. The minimum Gasteiger partial charge on any atom is -0.494 e. The van der Waals surface area contributed by atoms with E-state index in [1.54, 1.807) is 36.2 Å². The van der Waals surface area contributed by atoms with E-state index in [1.165, 1.54) is 11.2 Å². The van der Waals surface area contributed by atoms with Gasteiger partial charge < -0.3 is 24.3 Å². The Morgan fingerprint density at radius 1 is 1.28 bits per heavy atom. The minimum atomic E-state index is -0.475. The Balaban J connectivity index is 1.52. The predicted molar refractivity (Wildman–Crippen MR) is 106 cm³/mol. The van der Waals surface area contributed by atoms with Crippen LogP contribution in [0.3, 0.4) is 0 Å². The first kappa shape index (κ1) is 20.4. The number of amides is 3. The van der Waals surface area contributed by atoms with E-state index in [2.05, 4.69) is 5.32 Å². The zero-order chi connectivity index (χ0) is 20.8. The third-order valence-corrected chi connectivity index (χ3v) is 4.73. The van der Waals surface area contributed by atoms with E-state index in [9.17, 15) is 14.4 Å². The third kappa shape index (κ3) is 5.16. The fourth-order valence-electron chi connectivity index (χ4n) is 3.27. The molecular formula is C21H25N3O5. The van der Waals surface area contributed by atoms with Gasteiger partial charge in [0.1, 0.15) is 11.5 Å². The van der Waals surface area contributed by atoms with Crippen LogP contribution in [-0.4, -0.2) is 49.4 Å². The maximum atomic E-state index is 12.7. The van der Waals surface area contributed by atoms with Gasteiger partial charge in [-0.25, -0.2) is 0 Å². The number of furan rings is 1. The molecule has 0 spiro atoms. The molecule has 1 atom stereocenters. The summed E-state index contributed by atoms with van der Waals surface area (Å²) in [5.74, 6) is 0.278. The lowest BCUT2D eigenvalue weighted by Crippen LogP contribution is -2.41. The normalized spacial score (nSPS) is 16.0. The zero-order valence-corrected chi connectivity index (χ0v) is 16.6. The van der Waals surface area contributed by atoms with Crippen LogP contribution in [0.4, 0.5) is 5.69 Å². The Morgan fingerprint density at radius 2 is 2.03 bits per heavy atom. The number of anilines is 1. The van der Waals surface area contributed by atoms with Crippen molar-refractivity contribution in [2.24, 2.45) is 5.92 Å². The number of hydrogen-bond donors (Lipinski definition) is 1. The van der Waals surface area contributed by atoms with E-state index >= 15 is 0 Å². The number of carbonyl (C=O) groups is 3. The molecule has 154 valence electrons. The van der Waals surface area contributed by atoms with Gasteiger partial charge in [0.15, 0.2) is 0 Å². The molecule has 1 aliphatic heterocycles. The second-order valence-corrected chi connectivity index (χ2v) is 6.88. The minimum absolute atomic E-state index is 0.0761. The summed E-state index contributed by atoms with van der Waals surface area (Å²) in [7, 11) is 1.57. The molecule has 1 aliphatic rings. The lowest BCUT2D eigenvalue weighted by molar-refractivity contribution is -0.138. The van der Waals surface area contributed by atoms with Gasteiger partial charge in [-0.1, -0.05) is 0 Å². The molecule has 2 aromatic rings. The van der Waals surface area contributed by atoms with Crippen molar-refractivity contribution in [1.82, 2.24) is 10.2 Å². The number of rotatable bonds is 8. The lowest BCUT2D eigenvalue weighted by Gasteiger charge is -2.21. The summed E-state index contributed by atoms with van der Waals surface area (Å²) in [5, 5.41) is 2.70. The van der Waals surface area contributed by atoms with Crippen LogP contribution in [0.15, 0.2) is 47.1 Å². The quantitative estimate of drug-likeness (QED) is 0.731. The van der Waals surface area contributed by atoms with Crippen LogP contribution in [0.25, 0.3) is 0 Å². The van der Waals surface area contributed by atoms with Crippen LogP contribution in [0, 0.1) is 5.92 Å². The Kier molecular flexibility index (Phi) is 6.54. The number of likely N-dealkylation sites (N-methyl/N-ethyl adjacent to an activating group) is 1. The molecule has 1 fully saturated rings. The molecule has 1 unspecified atom stereocenters. The number of nitrogens with one attached hydrogen (secondary N) is 1. The summed E-state index contributed by atoms with van der Waals surface area (Å²) in [6, 6.07) is 10.7. The molecule has 3 rings (SSSR count). The number of hydrogen-bond acceptors (Lipinski definition) is 5. The molecule has 1 N–H and O–H groups in total. The molecule has 3 amide bonds. The van der Waals surface area contributed by atoms with Crippen molar-refractivity contribution >= 4 is 23.4 Å². The highest BCUT2D eigenvalue weighted by Gasteiger charge is 2.36.